The van der Waals surface area contributed by atoms with Crippen LogP contribution in [0.4, 0.5) is 0 Å². The van der Waals surface area contributed by atoms with Crippen molar-refractivity contribution in [3.63, 3.8) is 0 Å². The molecule has 0 unspecified atom stereocenters. The summed E-state index contributed by atoms with van der Waals surface area (Å²) in [7, 11) is 0. The number of allylic oxidation sites excluding steroid dienone is 1. The van der Waals surface area contributed by atoms with Crippen LogP contribution in [0.2, 0.25) is 0 Å². The van der Waals surface area contributed by atoms with Crippen LogP contribution in [-0.2, 0) is 9.47 Å². The summed E-state index contributed by atoms with van der Waals surface area (Å²) in [6.45, 7) is 2.48. The van der Waals surface area contributed by atoms with E-state index in [4.69, 9.17) is 9.47 Å². The fraction of sp³-hybridized carbons (Fsp3) is 0.920. The van der Waals surface area contributed by atoms with Crippen LogP contribution in [0.5, 0.6) is 0 Å². The molecule has 0 spiro atoms. The quantitative estimate of drug-likeness (QED) is 0.193. The van der Waals surface area contributed by atoms with Crippen molar-refractivity contribution in [2.75, 3.05) is 13.2 Å². The first-order valence-electron chi connectivity index (χ1n) is 12.6. The second-order valence-electron chi connectivity index (χ2n) is 8.86. The molecule has 0 saturated carbocycles. The van der Waals surface area contributed by atoms with Crippen LogP contribution in [-0.4, -0.2) is 52.9 Å². The minimum absolute atomic E-state index is 0.0229. The summed E-state index contributed by atoms with van der Waals surface area (Å²) in [6.07, 6.45) is 21.3. The summed E-state index contributed by atoms with van der Waals surface area (Å²) in [5, 5.41) is 28.9. The molecule has 5 heteroatoms. The highest BCUT2D eigenvalue weighted by Gasteiger charge is 2.37. The van der Waals surface area contributed by atoms with E-state index >= 15 is 0 Å². The molecule has 0 radical (unpaired) electrons. The molecule has 0 aliphatic carbocycles. The third kappa shape index (κ3) is 13.6. The highest BCUT2D eigenvalue weighted by atomic mass is 16.6. The lowest BCUT2D eigenvalue weighted by molar-refractivity contribution is -0.195. The molecule has 5 nitrogen and oxygen atoms in total. The zero-order chi connectivity index (χ0) is 21.9. The molecule has 0 aromatic heterocycles. The lowest BCUT2D eigenvalue weighted by Crippen LogP contribution is -2.54. The average Bonchev–Trinajstić information content (AvgIpc) is 2.75. The summed E-state index contributed by atoms with van der Waals surface area (Å²) in [6, 6.07) is 0. The van der Waals surface area contributed by atoms with E-state index in [9.17, 15) is 15.3 Å². The molecule has 30 heavy (non-hydrogen) atoms. The molecule has 1 rings (SSSR count). The van der Waals surface area contributed by atoms with Gasteiger partial charge in [0.05, 0.1) is 12.9 Å². The van der Waals surface area contributed by atoms with Crippen LogP contribution >= 0.6 is 0 Å². The van der Waals surface area contributed by atoms with E-state index < -0.39 is 24.4 Å². The Morgan fingerprint density at radius 1 is 0.733 bits per heavy atom. The molecular formula is C25H48O5. The van der Waals surface area contributed by atoms with Gasteiger partial charge in [0, 0.05) is 0 Å². The van der Waals surface area contributed by atoms with Gasteiger partial charge in [0.15, 0.2) is 0 Å². The standard InChI is InChI=1S/C25H48O5/c1-2-3-4-5-6-7-8-9-10-11-12-13-14-15-16-17-18-19-29-21-23-25(28)24(27)22(26)20-30-23/h18-19,22-28H,2-17,20-21H2,1H3/b19-18+/t22-,23+,24+,25+/m1/s1. The molecule has 0 aromatic carbocycles. The van der Waals surface area contributed by atoms with E-state index in [0.29, 0.717) is 0 Å². The number of hydrogen-bond donors (Lipinski definition) is 3. The van der Waals surface area contributed by atoms with Gasteiger partial charge < -0.3 is 24.8 Å². The maximum absolute atomic E-state index is 9.82. The molecule has 4 atom stereocenters. The Bertz CT molecular complexity index is 401. The van der Waals surface area contributed by atoms with E-state index in [1.165, 1.54) is 96.3 Å². The molecule has 1 heterocycles. The molecule has 1 aliphatic heterocycles. The van der Waals surface area contributed by atoms with Gasteiger partial charge in [-0.05, 0) is 18.9 Å². The molecule has 1 saturated heterocycles. The second kappa shape index (κ2) is 19.1. The van der Waals surface area contributed by atoms with Gasteiger partial charge in [-0.15, -0.1) is 0 Å². The number of rotatable bonds is 19. The number of aliphatic hydroxyl groups excluding tert-OH is 3. The minimum atomic E-state index is -1.17. The highest BCUT2D eigenvalue weighted by molar-refractivity contribution is 4.87. The Morgan fingerprint density at radius 3 is 1.77 bits per heavy atom. The predicted octanol–water partition coefficient (Wildman–Crippen LogP) is 5.26. The molecule has 0 bridgehead atoms. The highest BCUT2D eigenvalue weighted by Crippen LogP contribution is 2.16. The maximum atomic E-state index is 9.82. The fourth-order valence-electron chi connectivity index (χ4n) is 3.93. The Balaban J connectivity index is 1.79. The first-order chi connectivity index (χ1) is 14.7. The summed E-state index contributed by atoms with van der Waals surface area (Å²) in [5.41, 5.74) is 0. The summed E-state index contributed by atoms with van der Waals surface area (Å²) in [5.74, 6) is 0. The van der Waals surface area contributed by atoms with Crippen molar-refractivity contribution in [3.8, 4) is 0 Å². The summed E-state index contributed by atoms with van der Waals surface area (Å²) < 4.78 is 10.7. The number of unbranched alkanes of at least 4 members (excludes halogenated alkanes) is 15. The topological polar surface area (TPSA) is 79.2 Å². The normalized spacial score (nSPS) is 24.5. The molecule has 178 valence electrons. The zero-order valence-electron chi connectivity index (χ0n) is 19.4. The molecule has 0 amide bonds. The minimum Gasteiger partial charge on any atom is -0.499 e. The monoisotopic (exact) mass is 428 g/mol. The van der Waals surface area contributed by atoms with Crippen LogP contribution in [0.25, 0.3) is 0 Å². The van der Waals surface area contributed by atoms with Crippen LogP contribution in [0, 0.1) is 0 Å². The third-order valence-corrected chi connectivity index (χ3v) is 6.03. The van der Waals surface area contributed by atoms with Crippen molar-refractivity contribution in [1.29, 1.82) is 0 Å². The summed E-state index contributed by atoms with van der Waals surface area (Å²) >= 11 is 0. The third-order valence-electron chi connectivity index (χ3n) is 6.03. The van der Waals surface area contributed by atoms with E-state index in [2.05, 4.69) is 6.92 Å². The number of ether oxygens (including phenoxy) is 2. The largest absolute Gasteiger partial charge is 0.499 e. The van der Waals surface area contributed by atoms with Gasteiger partial charge >= 0.3 is 0 Å². The van der Waals surface area contributed by atoms with Crippen LogP contribution in [0.15, 0.2) is 12.3 Å². The Labute approximate surface area is 184 Å². The van der Waals surface area contributed by atoms with Gasteiger partial charge in [-0.25, -0.2) is 0 Å². The van der Waals surface area contributed by atoms with E-state index in [1.54, 1.807) is 6.26 Å². The molecular weight excluding hydrogens is 380 g/mol. The summed E-state index contributed by atoms with van der Waals surface area (Å²) in [4.78, 5) is 0. The van der Waals surface area contributed by atoms with Gasteiger partial charge in [-0.2, -0.15) is 0 Å². The molecule has 3 N–H and O–H groups in total. The average molecular weight is 429 g/mol. The van der Waals surface area contributed by atoms with Crippen LogP contribution < -0.4 is 0 Å². The molecule has 1 aliphatic rings. The Morgan fingerprint density at radius 2 is 1.23 bits per heavy atom. The van der Waals surface area contributed by atoms with Crippen molar-refractivity contribution in [2.24, 2.45) is 0 Å². The van der Waals surface area contributed by atoms with E-state index in [0.717, 1.165) is 6.42 Å². The van der Waals surface area contributed by atoms with Crippen molar-refractivity contribution < 1.29 is 24.8 Å². The Hall–Kier alpha value is -0.620. The van der Waals surface area contributed by atoms with Crippen molar-refractivity contribution in [2.45, 2.75) is 134 Å². The second-order valence-corrected chi connectivity index (χ2v) is 8.86. The van der Waals surface area contributed by atoms with Gasteiger partial charge in [0.2, 0.25) is 0 Å². The zero-order valence-corrected chi connectivity index (χ0v) is 19.4. The van der Waals surface area contributed by atoms with Crippen molar-refractivity contribution >= 4 is 0 Å². The lowest BCUT2D eigenvalue weighted by Gasteiger charge is -2.34. The van der Waals surface area contributed by atoms with Gasteiger partial charge in [-0.1, -0.05) is 96.8 Å². The first-order valence-corrected chi connectivity index (χ1v) is 12.6. The first kappa shape index (κ1) is 27.4. The predicted molar refractivity (Wildman–Crippen MR) is 122 cm³/mol. The SMILES string of the molecule is CCCCCCCCCCCCCCCCC/C=C/OC[C@@H]1OC[C@@H](O)[C@H](O)[C@H]1O. The molecule has 1 fully saturated rings. The molecule has 0 aromatic rings. The van der Waals surface area contributed by atoms with Crippen molar-refractivity contribution in [3.05, 3.63) is 12.3 Å². The van der Waals surface area contributed by atoms with E-state index in [-0.39, 0.29) is 13.2 Å². The Kier molecular flexibility index (Phi) is 17.4. The van der Waals surface area contributed by atoms with Crippen LogP contribution in [0.1, 0.15) is 110 Å². The lowest BCUT2D eigenvalue weighted by atomic mass is 10.0. The fourth-order valence-corrected chi connectivity index (χ4v) is 3.93. The smallest absolute Gasteiger partial charge is 0.120 e. The van der Waals surface area contributed by atoms with E-state index in [1.807, 2.05) is 6.08 Å². The number of hydrogen-bond acceptors (Lipinski definition) is 5. The number of aliphatic hydroxyl groups is 3. The van der Waals surface area contributed by atoms with Gasteiger partial charge in [-0.3, -0.25) is 0 Å². The maximum Gasteiger partial charge on any atom is 0.120 e. The van der Waals surface area contributed by atoms with Gasteiger partial charge in [0.25, 0.3) is 0 Å². The van der Waals surface area contributed by atoms with Crippen molar-refractivity contribution in [1.82, 2.24) is 0 Å². The van der Waals surface area contributed by atoms with Crippen LogP contribution in [0.3, 0.4) is 0 Å². The van der Waals surface area contributed by atoms with Gasteiger partial charge in [0.1, 0.15) is 31.0 Å².